The molecule has 1 atom stereocenters. The van der Waals surface area contributed by atoms with Gasteiger partial charge >= 0.3 is 0 Å². The summed E-state index contributed by atoms with van der Waals surface area (Å²) in [6.07, 6.45) is 4.57. The smallest absolute Gasteiger partial charge is 0.222 e. The van der Waals surface area contributed by atoms with E-state index in [-0.39, 0.29) is 5.91 Å². The third-order valence-electron chi connectivity index (χ3n) is 5.38. The maximum Gasteiger partial charge on any atom is 0.222 e. The Balaban J connectivity index is 1.63. The van der Waals surface area contributed by atoms with Crippen LogP contribution in [0.1, 0.15) is 54.2 Å². The highest BCUT2D eigenvalue weighted by molar-refractivity contribution is 5.76. The molecule has 140 valence electrons. The summed E-state index contributed by atoms with van der Waals surface area (Å²) in [7, 11) is 1.68. The van der Waals surface area contributed by atoms with Crippen LogP contribution in [0.2, 0.25) is 0 Å². The fourth-order valence-electron chi connectivity index (χ4n) is 3.77. The van der Waals surface area contributed by atoms with Gasteiger partial charge in [0.15, 0.2) is 0 Å². The van der Waals surface area contributed by atoms with E-state index in [4.69, 9.17) is 9.26 Å². The number of hydrogen-bond acceptors (Lipinski definition) is 4. The summed E-state index contributed by atoms with van der Waals surface area (Å²) < 4.78 is 10.5. The van der Waals surface area contributed by atoms with E-state index in [0.29, 0.717) is 18.8 Å². The van der Waals surface area contributed by atoms with Crippen molar-refractivity contribution in [3.8, 4) is 5.75 Å². The first-order valence-corrected chi connectivity index (χ1v) is 9.42. The summed E-state index contributed by atoms with van der Waals surface area (Å²) in [6.45, 7) is 5.49. The Morgan fingerprint density at radius 1 is 1.27 bits per heavy atom. The van der Waals surface area contributed by atoms with Gasteiger partial charge < -0.3 is 14.2 Å². The van der Waals surface area contributed by atoms with Gasteiger partial charge in [0.25, 0.3) is 0 Å². The molecule has 2 heterocycles. The number of aryl methyl sites for hydroxylation is 2. The molecule has 1 saturated heterocycles. The lowest BCUT2D eigenvalue weighted by molar-refractivity contribution is -0.131. The van der Waals surface area contributed by atoms with Crippen molar-refractivity contribution < 1.29 is 14.1 Å². The second-order valence-corrected chi connectivity index (χ2v) is 7.11. The minimum Gasteiger partial charge on any atom is -0.497 e. The van der Waals surface area contributed by atoms with Crippen molar-refractivity contribution in [2.24, 2.45) is 0 Å². The van der Waals surface area contributed by atoms with Gasteiger partial charge in [0.1, 0.15) is 11.5 Å². The minimum atomic E-state index is 0.227. The molecule has 1 aromatic carbocycles. The molecule has 1 fully saturated rings. The van der Waals surface area contributed by atoms with Crippen LogP contribution in [0.15, 0.2) is 28.8 Å². The zero-order valence-electron chi connectivity index (χ0n) is 16.0. The molecule has 3 rings (SSSR count). The number of aromatic nitrogens is 1. The van der Waals surface area contributed by atoms with Gasteiger partial charge in [0.2, 0.25) is 5.91 Å². The van der Waals surface area contributed by atoms with E-state index in [1.807, 2.05) is 30.9 Å². The molecule has 1 aromatic heterocycles. The maximum absolute atomic E-state index is 12.8. The molecule has 1 amide bonds. The zero-order chi connectivity index (χ0) is 18.5. The first kappa shape index (κ1) is 18.5. The summed E-state index contributed by atoms with van der Waals surface area (Å²) in [6, 6.07) is 8.26. The fourth-order valence-corrected chi connectivity index (χ4v) is 3.77. The third-order valence-corrected chi connectivity index (χ3v) is 5.38. The number of ether oxygens (including phenoxy) is 1. The molecular formula is C21H28N2O3. The second-order valence-electron chi connectivity index (χ2n) is 7.11. The second kappa shape index (κ2) is 8.39. The van der Waals surface area contributed by atoms with E-state index in [0.717, 1.165) is 55.1 Å². The first-order chi connectivity index (χ1) is 12.6. The van der Waals surface area contributed by atoms with Crippen molar-refractivity contribution >= 4 is 5.91 Å². The van der Waals surface area contributed by atoms with Crippen LogP contribution in [0.25, 0.3) is 0 Å². The Hall–Kier alpha value is -2.30. The van der Waals surface area contributed by atoms with Crippen LogP contribution in [0.4, 0.5) is 0 Å². The number of amides is 1. The van der Waals surface area contributed by atoms with Crippen molar-refractivity contribution in [1.29, 1.82) is 0 Å². The van der Waals surface area contributed by atoms with Crippen molar-refractivity contribution in [2.45, 2.75) is 51.9 Å². The topological polar surface area (TPSA) is 55.6 Å². The average molecular weight is 356 g/mol. The number of carbonyl (C=O) groups excluding carboxylic acids is 1. The van der Waals surface area contributed by atoms with Gasteiger partial charge in [-0.2, -0.15) is 0 Å². The van der Waals surface area contributed by atoms with Crippen LogP contribution < -0.4 is 4.74 Å². The van der Waals surface area contributed by atoms with Crippen molar-refractivity contribution in [2.75, 3.05) is 20.2 Å². The van der Waals surface area contributed by atoms with Crippen molar-refractivity contribution in [3.05, 3.63) is 46.8 Å². The molecule has 26 heavy (non-hydrogen) atoms. The Morgan fingerprint density at radius 3 is 2.69 bits per heavy atom. The monoisotopic (exact) mass is 356 g/mol. The quantitative estimate of drug-likeness (QED) is 0.812. The molecule has 0 radical (unpaired) electrons. The lowest BCUT2D eigenvalue weighted by Crippen LogP contribution is -2.34. The van der Waals surface area contributed by atoms with Crippen LogP contribution in [-0.2, 0) is 11.2 Å². The van der Waals surface area contributed by atoms with E-state index < -0.39 is 0 Å². The summed E-state index contributed by atoms with van der Waals surface area (Å²) in [5, 5.41) is 3.98. The molecule has 0 bridgehead atoms. The van der Waals surface area contributed by atoms with Crippen LogP contribution in [0.5, 0.6) is 5.75 Å². The molecule has 2 aromatic rings. The van der Waals surface area contributed by atoms with Gasteiger partial charge in [-0.15, -0.1) is 0 Å². The molecule has 0 aliphatic carbocycles. The Kier molecular flexibility index (Phi) is 5.96. The predicted octanol–water partition coefficient (Wildman–Crippen LogP) is 4.03. The molecule has 1 aliphatic rings. The lowest BCUT2D eigenvalue weighted by atomic mass is 9.94. The van der Waals surface area contributed by atoms with E-state index in [1.165, 1.54) is 5.56 Å². The summed E-state index contributed by atoms with van der Waals surface area (Å²) >= 11 is 0. The number of methoxy groups -OCH3 is 1. The Bertz CT molecular complexity index is 717. The highest BCUT2D eigenvalue weighted by Gasteiger charge is 2.23. The number of carbonyl (C=O) groups is 1. The van der Waals surface area contributed by atoms with Gasteiger partial charge in [-0.1, -0.05) is 23.7 Å². The number of nitrogens with zero attached hydrogens (tertiary/aromatic N) is 2. The predicted molar refractivity (Wildman–Crippen MR) is 100 cm³/mol. The van der Waals surface area contributed by atoms with Gasteiger partial charge in [-0.25, -0.2) is 0 Å². The summed E-state index contributed by atoms with van der Waals surface area (Å²) in [5.41, 5.74) is 3.25. The van der Waals surface area contributed by atoms with E-state index in [2.05, 4.69) is 17.3 Å². The molecule has 0 spiro atoms. The lowest BCUT2D eigenvalue weighted by Gasteiger charge is -2.25. The number of rotatable bonds is 5. The minimum absolute atomic E-state index is 0.227. The SMILES string of the molecule is COc1ccc(C2CCCCN(C(=O)CCc3c(C)noc3C)C2)cc1. The molecule has 0 N–H and O–H groups in total. The van der Waals surface area contributed by atoms with Gasteiger partial charge in [-0.3, -0.25) is 4.79 Å². The fraction of sp³-hybridized carbons (Fsp3) is 0.524. The number of benzene rings is 1. The molecule has 0 saturated carbocycles. The van der Waals surface area contributed by atoms with Crippen LogP contribution in [-0.4, -0.2) is 36.2 Å². The van der Waals surface area contributed by atoms with E-state index in [9.17, 15) is 4.79 Å². The largest absolute Gasteiger partial charge is 0.497 e. The molecule has 1 unspecified atom stereocenters. The van der Waals surface area contributed by atoms with Crippen LogP contribution in [0, 0.1) is 13.8 Å². The molecule has 5 nitrogen and oxygen atoms in total. The zero-order valence-corrected chi connectivity index (χ0v) is 16.0. The van der Waals surface area contributed by atoms with Gasteiger partial charge in [0, 0.05) is 31.0 Å². The summed E-state index contributed by atoms with van der Waals surface area (Å²) in [5.74, 6) is 2.31. The van der Waals surface area contributed by atoms with Crippen molar-refractivity contribution in [3.63, 3.8) is 0 Å². The van der Waals surface area contributed by atoms with E-state index >= 15 is 0 Å². The normalized spacial score (nSPS) is 17.8. The molecule has 1 aliphatic heterocycles. The summed E-state index contributed by atoms with van der Waals surface area (Å²) in [4.78, 5) is 14.8. The van der Waals surface area contributed by atoms with Gasteiger partial charge in [0.05, 0.1) is 12.8 Å². The van der Waals surface area contributed by atoms with Crippen molar-refractivity contribution in [1.82, 2.24) is 10.1 Å². The average Bonchev–Trinajstić information content (AvgIpc) is 2.86. The van der Waals surface area contributed by atoms with Crippen LogP contribution in [0.3, 0.4) is 0 Å². The molecular weight excluding hydrogens is 328 g/mol. The number of likely N-dealkylation sites (tertiary alicyclic amines) is 1. The highest BCUT2D eigenvalue weighted by Crippen LogP contribution is 2.28. The molecule has 5 heteroatoms. The number of hydrogen-bond donors (Lipinski definition) is 0. The third kappa shape index (κ3) is 4.26. The first-order valence-electron chi connectivity index (χ1n) is 9.42. The standard InChI is InChI=1S/C21H28N2O3/c1-15-20(16(2)26-22-15)11-12-21(24)23-13-5-4-6-18(14-23)17-7-9-19(25-3)10-8-17/h7-10,18H,4-6,11-14H2,1-3H3. The van der Waals surface area contributed by atoms with Crippen LogP contribution >= 0.6 is 0 Å². The van der Waals surface area contributed by atoms with Gasteiger partial charge in [-0.05, 0) is 50.8 Å². The Morgan fingerprint density at radius 2 is 2.04 bits per heavy atom. The maximum atomic E-state index is 12.8. The highest BCUT2D eigenvalue weighted by atomic mass is 16.5. The van der Waals surface area contributed by atoms with E-state index in [1.54, 1.807) is 7.11 Å². The Labute approximate surface area is 155 Å².